The lowest BCUT2D eigenvalue weighted by molar-refractivity contribution is -0.0425. The van der Waals surface area contributed by atoms with E-state index < -0.39 is 41.6 Å². The minimum absolute atomic E-state index is 0.0808. The average molecular weight is 399 g/mol. The second kappa shape index (κ2) is 7.22. The number of hydrogen-bond acceptors (Lipinski definition) is 5. The lowest BCUT2D eigenvalue weighted by Gasteiger charge is -2.37. The fourth-order valence-corrected chi connectivity index (χ4v) is 4.06. The third kappa shape index (κ3) is 4.35. The molecule has 0 aliphatic carbocycles. The molecular weight excluding hydrogens is 374 g/mol. The highest BCUT2D eigenvalue weighted by Gasteiger charge is 2.49. The summed E-state index contributed by atoms with van der Waals surface area (Å²) in [4.78, 5) is 9.69. The zero-order valence-corrected chi connectivity index (χ0v) is 15.9. The molecular formula is C13H25BBrO6P. The van der Waals surface area contributed by atoms with Gasteiger partial charge in [-0.05, 0) is 26.7 Å². The van der Waals surface area contributed by atoms with Crippen LogP contribution < -0.4 is 0 Å². The van der Waals surface area contributed by atoms with Gasteiger partial charge >= 0.3 is 7.60 Å². The zero-order valence-electron chi connectivity index (χ0n) is 13.4. The summed E-state index contributed by atoms with van der Waals surface area (Å²) in [7, 11) is 1.46. The van der Waals surface area contributed by atoms with Crippen molar-refractivity contribution in [1.29, 1.82) is 0 Å². The van der Waals surface area contributed by atoms with Crippen molar-refractivity contribution in [2.45, 2.75) is 80.9 Å². The first kappa shape index (κ1) is 20.6. The van der Waals surface area contributed by atoms with Crippen molar-refractivity contribution in [2.24, 2.45) is 0 Å². The summed E-state index contributed by atoms with van der Waals surface area (Å²) in [6.45, 7) is 6.33. The fraction of sp³-hybridized carbons (Fsp3) is 1.00. The molecule has 1 fully saturated rings. The maximum absolute atomic E-state index is 12.4. The monoisotopic (exact) mass is 398 g/mol. The molecule has 1 saturated heterocycles. The smallest absolute Gasteiger partial charge is 0.359 e. The van der Waals surface area contributed by atoms with E-state index in [9.17, 15) is 19.7 Å². The average Bonchev–Trinajstić information content (AvgIpc) is 2.65. The van der Waals surface area contributed by atoms with E-state index in [-0.39, 0.29) is 12.8 Å². The van der Waals surface area contributed by atoms with Crippen LogP contribution in [0, 0.1) is 0 Å². The van der Waals surface area contributed by atoms with E-state index in [1.54, 1.807) is 20.8 Å². The van der Waals surface area contributed by atoms with Crippen LogP contribution in [0.2, 0.25) is 0 Å². The van der Waals surface area contributed by atoms with Gasteiger partial charge in [0.2, 0.25) is 0 Å². The number of aliphatic hydroxyl groups is 2. The van der Waals surface area contributed by atoms with Crippen molar-refractivity contribution in [3.8, 4) is 0 Å². The van der Waals surface area contributed by atoms with Crippen molar-refractivity contribution >= 4 is 31.4 Å². The van der Waals surface area contributed by atoms with Crippen LogP contribution >= 0.6 is 23.5 Å². The molecule has 0 spiro atoms. The molecule has 1 aliphatic heterocycles. The predicted molar refractivity (Wildman–Crippen MR) is 88.3 cm³/mol. The van der Waals surface area contributed by atoms with Gasteiger partial charge in [0.1, 0.15) is 7.85 Å². The SMILES string of the molecule is [B]C1O[C@H](CC(C)(CC)OP(=O)(O)C(C)(O)CC)C(O)[C@H]1Br. The van der Waals surface area contributed by atoms with Crippen molar-refractivity contribution in [3.05, 3.63) is 0 Å². The summed E-state index contributed by atoms with van der Waals surface area (Å²) in [6.07, 6.45) is -0.779. The summed E-state index contributed by atoms with van der Waals surface area (Å²) >= 11 is 3.26. The molecule has 5 unspecified atom stereocenters. The largest absolute Gasteiger partial charge is 0.389 e. The lowest BCUT2D eigenvalue weighted by Crippen LogP contribution is -2.39. The molecule has 22 heavy (non-hydrogen) atoms. The highest BCUT2D eigenvalue weighted by atomic mass is 79.9. The molecule has 1 heterocycles. The van der Waals surface area contributed by atoms with E-state index in [1.807, 2.05) is 0 Å². The number of alkyl halides is 1. The molecule has 0 aromatic heterocycles. The summed E-state index contributed by atoms with van der Waals surface area (Å²) in [5.74, 6) is 0. The van der Waals surface area contributed by atoms with Crippen LogP contribution in [-0.2, 0) is 13.8 Å². The predicted octanol–water partition coefficient (Wildman–Crippen LogP) is 1.88. The van der Waals surface area contributed by atoms with Gasteiger partial charge in [0, 0.05) is 12.4 Å². The molecule has 0 amide bonds. The third-order valence-corrected chi connectivity index (χ3v) is 7.64. The Morgan fingerprint density at radius 1 is 1.36 bits per heavy atom. The Bertz CT molecular complexity index is 437. The molecule has 3 N–H and O–H groups in total. The van der Waals surface area contributed by atoms with E-state index in [4.69, 9.17) is 17.1 Å². The Kier molecular flexibility index (Phi) is 6.76. The van der Waals surface area contributed by atoms with Gasteiger partial charge in [-0.25, -0.2) is 0 Å². The van der Waals surface area contributed by atoms with E-state index in [0.717, 1.165) is 0 Å². The molecule has 0 saturated carbocycles. The van der Waals surface area contributed by atoms with Crippen LogP contribution in [0.5, 0.6) is 0 Å². The summed E-state index contributed by atoms with van der Waals surface area (Å²) in [5.41, 5.74) is -1.04. The number of rotatable bonds is 7. The molecule has 2 radical (unpaired) electrons. The molecule has 7 atom stereocenters. The second-order valence-electron chi connectivity index (χ2n) is 6.26. The van der Waals surface area contributed by atoms with Crippen molar-refractivity contribution < 1.29 is 28.9 Å². The van der Waals surface area contributed by atoms with Gasteiger partial charge in [-0.15, -0.1) is 0 Å². The molecule has 128 valence electrons. The van der Waals surface area contributed by atoms with Crippen molar-refractivity contribution in [2.75, 3.05) is 0 Å². The first-order chi connectivity index (χ1) is 9.89. The topological polar surface area (TPSA) is 96.2 Å². The quantitative estimate of drug-likeness (QED) is 0.344. The minimum Gasteiger partial charge on any atom is -0.389 e. The van der Waals surface area contributed by atoms with Crippen LogP contribution in [0.25, 0.3) is 0 Å². The van der Waals surface area contributed by atoms with Gasteiger partial charge in [-0.3, -0.25) is 4.57 Å². The Hall–Kier alpha value is 0.575. The standard InChI is InChI=1S/C13H25BBrO6P/c1-5-12(3,21-22(18,19)13(4,17)6-2)7-8-10(16)9(15)11(14)20-8/h8-11,16-17H,5-7H2,1-4H3,(H,18,19)/t8-,9-,10?,11?,12?,13?/m1/s1. The number of aliphatic hydroxyl groups excluding tert-OH is 1. The molecule has 9 heteroatoms. The van der Waals surface area contributed by atoms with Gasteiger partial charge in [0.05, 0.1) is 22.6 Å². The third-order valence-electron chi connectivity index (χ3n) is 4.36. The number of ether oxygens (including phenoxy) is 1. The Morgan fingerprint density at radius 3 is 2.27 bits per heavy atom. The molecule has 0 aromatic rings. The van der Waals surface area contributed by atoms with Crippen molar-refractivity contribution in [1.82, 2.24) is 0 Å². The number of halogens is 1. The summed E-state index contributed by atoms with van der Waals surface area (Å²) in [5, 5.41) is 18.3. The first-order valence-electron chi connectivity index (χ1n) is 7.38. The molecule has 1 rings (SSSR count). The summed E-state index contributed by atoms with van der Waals surface area (Å²) < 4.78 is 23.3. The first-order valence-corrected chi connectivity index (χ1v) is 9.87. The van der Waals surface area contributed by atoms with Crippen LogP contribution in [0.15, 0.2) is 0 Å². The maximum atomic E-state index is 12.4. The van der Waals surface area contributed by atoms with Gasteiger partial charge < -0.3 is 24.4 Å². The van der Waals surface area contributed by atoms with Crippen LogP contribution in [0.4, 0.5) is 0 Å². The molecule has 1 aliphatic rings. The van der Waals surface area contributed by atoms with E-state index in [1.165, 1.54) is 6.92 Å². The molecule has 6 nitrogen and oxygen atoms in total. The van der Waals surface area contributed by atoms with Crippen LogP contribution in [-0.4, -0.2) is 56.9 Å². The van der Waals surface area contributed by atoms with Gasteiger partial charge in [-0.1, -0.05) is 29.8 Å². The van der Waals surface area contributed by atoms with Crippen LogP contribution in [0.3, 0.4) is 0 Å². The van der Waals surface area contributed by atoms with E-state index in [0.29, 0.717) is 6.42 Å². The number of hydrogen-bond donors (Lipinski definition) is 3. The summed E-state index contributed by atoms with van der Waals surface area (Å²) in [6, 6.07) is -0.652. The van der Waals surface area contributed by atoms with E-state index >= 15 is 0 Å². The minimum atomic E-state index is -4.27. The Balaban J connectivity index is 2.87. The van der Waals surface area contributed by atoms with Gasteiger partial charge in [0.15, 0.2) is 5.34 Å². The second-order valence-corrected chi connectivity index (χ2v) is 9.51. The Labute approximate surface area is 141 Å². The highest BCUT2D eigenvalue weighted by Crippen LogP contribution is 2.59. The lowest BCUT2D eigenvalue weighted by atomic mass is 9.91. The molecule has 0 aromatic carbocycles. The van der Waals surface area contributed by atoms with Crippen molar-refractivity contribution in [3.63, 3.8) is 0 Å². The van der Waals surface area contributed by atoms with Crippen LogP contribution in [0.1, 0.15) is 47.0 Å². The normalized spacial score (nSPS) is 37.3. The maximum Gasteiger partial charge on any atom is 0.359 e. The highest BCUT2D eigenvalue weighted by molar-refractivity contribution is 9.09. The molecule has 0 bridgehead atoms. The van der Waals surface area contributed by atoms with E-state index in [2.05, 4.69) is 15.9 Å². The fourth-order valence-electron chi connectivity index (χ4n) is 2.19. The Morgan fingerprint density at radius 2 is 1.91 bits per heavy atom. The zero-order chi connectivity index (χ0) is 17.3. The van der Waals surface area contributed by atoms with Gasteiger partial charge in [-0.2, -0.15) is 0 Å². The van der Waals surface area contributed by atoms with Gasteiger partial charge in [0.25, 0.3) is 0 Å².